The van der Waals surface area contributed by atoms with Crippen LogP contribution in [0.3, 0.4) is 0 Å². The Balaban J connectivity index is 1.31. The largest absolute Gasteiger partial charge is 0.334 e. The minimum absolute atomic E-state index is 0.0472. The van der Waals surface area contributed by atoms with Gasteiger partial charge in [-0.1, -0.05) is 49.4 Å². The van der Waals surface area contributed by atoms with Crippen molar-refractivity contribution in [3.05, 3.63) is 102 Å². The number of carbonyl (C=O) groups excluding carboxylic acids is 2. The van der Waals surface area contributed by atoms with E-state index in [2.05, 4.69) is 20.6 Å². The Morgan fingerprint density at radius 2 is 1.66 bits per heavy atom. The zero-order chi connectivity index (χ0) is 22.3. The zero-order valence-electron chi connectivity index (χ0n) is 17.8. The first-order chi connectivity index (χ1) is 15.6. The number of Topliss-reactive ketones (excluding diaryl/α,β-unsaturated/α-hetero) is 1. The number of nitrogens with one attached hydrogen (secondary N) is 2. The van der Waals surface area contributed by atoms with Crippen molar-refractivity contribution in [1.29, 1.82) is 0 Å². The number of amides is 2. The maximum Gasteiger partial charge on any atom is 0.319 e. The van der Waals surface area contributed by atoms with Crippen molar-refractivity contribution >= 4 is 28.4 Å². The molecule has 0 aliphatic heterocycles. The lowest BCUT2D eigenvalue weighted by Gasteiger charge is -2.09. The topological polar surface area (TPSA) is 84.0 Å². The maximum atomic E-state index is 12.3. The molecule has 0 unspecified atom stereocenters. The van der Waals surface area contributed by atoms with Crippen LogP contribution in [-0.4, -0.2) is 21.8 Å². The Morgan fingerprint density at radius 3 is 2.47 bits per heavy atom. The molecule has 6 heteroatoms. The molecule has 160 valence electrons. The fourth-order valence-electron chi connectivity index (χ4n) is 3.43. The standard InChI is InChI=1S/C26H24N4O2/c1-2-25(31)24-14-20(11-12-27-24)13-18-7-9-19(10-8-18)16-29-26(32)30-22-15-21-5-3-4-6-23(21)28-17-22/h3-12,14-15,17H,2,13,16H2,1H3,(H2,29,30,32). The van der Waals surface area contributed by atoms with Crippen LogP contribution in [0.2, 0.25) is 0 Å². The van der Waals surface area contributed by atoms with Crippen LogP contribution in [0.4, 0.5) is 10.5 Å². The third-order valence-corrected chi connectivity index (χ3v) is 5.16. The van der Waals surface area contributed by atoms with Crippen molar-refractivity contribution in [2.75, 3.05) is 5.32 Å². The molecule has 2 heterocycles. The van der Waals surface area contributed by atoms with Gasteiger partial charge in [0.25, 0.3) is 0 Å². The van der Waals surface area contributed by atoms with Crippen LogP contribution in [0.1, 0.15) is 40.5 Å². The average Bonchev–Trinajstić information content (AvgIpc) is 2.83. The van der Waals surface area contributed by atoms with Crippen LogP contribution < -0.4 is 10.6 Å². The van der Waals surface area contributed by atoms with Crippen molar-refractivity contribution in [3.63, 3.8) is 0 Å². The van der Waals surface area contributed by atoms with Crippen LogP contribution >= 0.6 is 0 Å². The molecule has 0 radical (unpaired) electrons. The highest BCUT2D eigenvalue weighted by Crippen LogP contribution is 2.16. The van der Waals surface area contributed by atoms with Gasteiger partial charge in [0.15, 0.2) is 5.78 Å². The molecule has 32 heavy (non-hydrogen) atoms. The molecular formula is C26H24N4O2. The van der Waals surface area contributed by atoms with Crippen molar-refractivity contribution in [2.24, 2.45) is 0 Å². The number of anilines is 1. The van der Waals surface area contributed by atoms with E-state index in [0.29, 0.717) is 24.3 Å². The number of urea groups is 1. The Labute approximate surface area is 186 Å². The van der Waals surface area contributed by atoms with E-state index in [0.717, 1.165) is 34.0 Å². The van der Waals surface area contributed by atoms with E-state index in [9.17, 15) is 9.59 Å². The van der Waals surface area contributed by atoms with E-state index < -0.39 is 0 Å². The van der Waals surface area contributed by atoms with Crippen molar-refractivity contribution in [2.45, 2.75) is 26.3 Å². The third kappa shape index (κ3) is 5.35. The molecule has 0 aliphatic carbocycles. The Bertz CT molecular complexity index is 1250. The van der Waals surface area contributed by atoms with Gasteiger partial charge >= 0.3 is 6.03 Å². The van der Waals surface area contributed by atoms with Gasteiger partial charge in [-0.2, -0.15) is 0 Å². The van der Waals surface area contributed by atoms with Gasteiger partial charge in [0.1, 0.15) is 5.69 Å². The second kappa shape index (κ2) is 9.83. The van der Waals surface area contributed by atoms with E-state index in [-0.39, 0.29) is 11.8 Å². The van der Waals surface area contributed by atoms with E-state index in [1.165, 1.54) is 0 Å². The molecule has 0 aliphatic rings. The molecule has 2 N–H and O–H groups in total. The van der Waals surface area contributed by atoms with Gasteiger partial charge < -0.3 is 10.6 Å². The molecule has 0 saturated heterocycles. The lowest BCUT2D eigenvalue weighted by Crippen LogP contribution is -2.28. The highest BCUT2D eigenvalue weighted by molar-refractivity contribution is 5.94. The number of hydrogen-bond donors (Lipinski definition) is 2. The van der Waals surface area contributed by atoms with Crippen LogP contribution in [0.15, 0.2) is 79.1 Å². The summed E-state index contributed by atoms with van der Waals surface area (Å²) in [6.45, 7) is 2.25. The van der Waals surface area contributed by atoms with E-state index >= 15 is 0 Å². The number of nitrogens with zero attached hydrogens (tertiary/aromatic N) is 2. The minimum atomic E-state index is -0.281. The maximum absolute atomic E-state index is 12.3. The number of pyridine rings is 2. The molecule has 2 aromatic heterocycles. The van der Waals surface area contributed by atoms with Crippen LogP contribution in [0, 0.1) is 0 Å². The lowest BCUT2D eigenvalue weighted by molar-refractivity contribution is 0.0983. The van der Waals surface area contributed by atoms with Crippen molar-refractivity contribution < 1.29 is 9.59 Å². The first-order valence-corrected chi connectivity index (χ1v) is 10.6. The highest BCUT2D eigenvalue weighted by atomic mass is 16.2. The van der Waals surface area contributed by atoms with Gasteiger partial charge in [-0.05, 0) is 47.4 Å². The summed E-state index contributed by atoms with van der Waals surface area (Å²) in [5.41, 5.74) is 5.22. The molecule has 4 aromatic rings. The molecular weight excluding hydrogens is 400 g/mol. The summed E-state index contributed by atoms with van der Waals surface area (Å²) in [6, 6.07) is 21.2. The Kier molecular flexibility index (Phi) is 6.51. The molecule has 6 nitrogen and oxygen atoms in total. The monoisotopic (exact) mass is 424 g/mol. The number of para-hydroxylation sites is 1. The first kappa shape index (κ1) is 21.2. The summed E-state index contributed by atoms with van der Waals surface area (Å²) in [4.78, 5) is 32.6. The van der Waals surface area contributed by atoms with Gasteiger partial charge in [-0.15, -0.1) is 0 Å². The number of ketones is 1. The van der Waals surface area contributed by atoms with Gasteiger partial charge in [0.2, 0.25) is 0 Å². The molecule has 0 atom stereocenters. The van der Waals surface area contributed by atoms with E-state index in [4.69, 9.17) is 0 Å². The number of aromatic nitrogens is 2. The quantitative estimate of drug-likeness (QED) is 0.403. The molecule has 2 aromatic carbocycles. The number of rotatable bonds is 7. The fourth-order valence-corrected chi connectivity index (χ4v) is 3.43. The number of benzene rings is 2. The number of carbonyl (C=O) groups is 2. The SMILES string of the molecule is CCC(=O)c1cc(Cc2ccc(CNC(=O)Nc3cnc4ccccc4c3)cc2)ccn1. The summed E-state index contributed by atoms with van der Waals surface area (Å²) in [7, 11) is 0. The van der Waals surface area contributed by atoms with Gasteiger partial charge in [-0.25, -0.2) is 4.79 Å². The summed E-state index contributed by atoms with van der Waals surface area (Å²) >= 11 is 0. The van der Waals surface area contributed by atoms with Gasteiger partial charge in [0, 0.05) is 24.5 Å². The van der Waals surface area contributed by atoms with E-state index in [1.807, 2.05) is 73.7 Å². The normalized spacial score (nSPS) is 10.7. The van der Waals surface area contributed by atoms with Crippen molar-refractivity contribution in [1.82, 2.24) is 15.3 Å². The molecule has 0 spiro atoms. The minimum Gasteiger partial charge on any atom is -0.334 e. The molecule has 0 fully saturated rings. The average molecular weight is 425 g/mol. The predicted octanol–water partition coefficient (Wildman–Crippen LogP) is 5.14. The zero-order valence-corrected chi connectivity index (χ0v) is 17.8. The molecule has 2 amide bonds. The van der Waals surface area contributed by atoms with Crippen LogP contribution in [0.25, 0.3) is 10.9 Å². The molecule has 0 saturated carbocycles. The Morgan fingerprint density at radius 1 is 0.875 bits per heavy atom. The second-order valence-corrected chi connectivity index (χ2v) is 7.54. The summed E-state index contributed by atoms with van der Waals surface area (Å²) in [5.74, 6) is 0.0472. The smallest absolute Gasteiger partial charge is 0.319 e. The predicted molar refractivity (Wildman–Crippen MR) is 126 cm³/mol. The number of hydrogen-bond acceptors (Lipinski definition) is 4. The van der Waals surface area contributed by atoms with Gasteiger partial charge in [-0.3, -0.25) is 14.8 Å². The Hall–Kier alpha value is -4.06. The van der Waals surface area contributed by atoms with E-state index in [1.54, 1.807) is 12.4 Å². The highest BCUT2D eigenvalue weighted by Gasteiger charge is 2.07. The lowest BCUT2D eigenvalue weighted by atomic mass is 10.0. The molecule has 4 rings (SSSR count). The first-order valence-electron chi connectivity index (χ1n) is 10.6. The molecule has 0 bridgehead atoms. The van der Waals surface area contributed by atoms with Crippen LogP contribution in [0.5, 0.6) is 0 Å². The number of fused-ring (bicyclic) bond motifs is 1. The summed E-state index contributed by atoms with van der Waals surface area (Å²) < 4.78 is 0. The second-order valence-electron chi connectivity index (χ2n) is 7.54. The summed E-state index contributed by atoms with van der Waals surface area (Å²) in [5, 5.41) is 6.66. The van der Waals surface area contributed by atoms with Crippen LogP contribution in [-0.2, 0) is 13.0 Å². The fraction of sp³-hybridized carbons (Fsp3) is 0.154. The van der Waals surface area contributed by atoms with Crippen molar-refractivity contribution in [3.8, 4) is 0 Å². The third-order valence-electron chi connectivity index (χ3n) is 5.16. The van der Waals surface area contributed by atoms with Gasteiger partial charge in [0.05, 0.1) is 17.4 Å². The summed E-state index contributed by atoms with van der Waals surface area (Å²) in [6.07, 6.45) is 4.49.